The molecule has 0 amide bonds. The normalized spacial score (nSPS) is 11.8. The van der Waals surface area contributed by atoms with E-state index in [9.17, 15) is 13.2 Å². The van der Waals surface area contributed by atoms with E-state index in [0.717, 1.165) is 0 Å². The Morgan fingerprint density at radius 1 is 1.30 bits per heavy atom. The summed E-state index contributed by atoms with van der Waals surface area (Å²) in [5.74, 6) is 4.81. The van der Waals surface area contributed by atoms with Crippen molar-refractivity contribution in [2.75, 3.05) is 25.2 Å². The van der Waals surface area contributed by atoms with Gasteiger partial charge in [-0.2, -0.15) is 18.2 Å². The van der Waals surface area contributed by atoms with Crippen molar-refractivity contribution in [2.24, 2.45) is 11.8 Å². The minimum Gasteiger partial charge on any atom is -0.475 e. The molecule has 0 saturated carbocycles. The number of ether oxygens (including phenoxy) is 2. The molecule has 3 N–H and O–H groups in total. The molecule has 0 aliphatic carbocycles. The first-order chi connectivity index (χ1) is 9.32. The van der Waals surface area contributed by atoms with Crippen LogP contribution in [0.15, 0.2) is 6.07 Å². The number of hydrogen-bond donors (Lipinski definition) is 2. The van der Waals surface area contributed by atoms with Crippen molar-refractivity contribution in [1.29, 1.82) is 0 Å². The van der Waals surface area contributed by atoms with Crippen LogP contribution in [0.5, 0.6) is 5.88 Å². The van der Waals surface area contributed by atoms with Crippen LogP contribution in [-0.2, 0) is 10.9 Å². The molecule has 1 heterocycles. The number of hydrogen-bond acceptors (Lipinski definition) is 6. The van der Waals surface area contributed by atoms with E-state index in [4.69, 9.17) is 15.3 Å². The third kappa shape index (κ3) is 5.57. The fourth-order valence-corrected chi connectivity index (χ4v) is 1.23. The van der Waals surface area contributed by atoms with E-state index >= 15 is 0 Å². The SMILES string of the molecule is CC(C)COCCOc1cc(C(F)(F)F)nc(NN)n1. The Balaban J connectivity index is 2.61. The van der Waals surface area contributed by atoms with Crippen molar-refractivity contribution in [1.82, 2.24) is 9.97 Å². The van der Waals surface area contributed by atoms with Gasteiger partial charge < -0.3 is 9.47 Å². The molecule has 0 fully saturated rings. The maximum Gasteiger partial charge on any atom is 0.433 e. The number of aromatic nitrogens is 2. The molecule has 0 atom stereocenters. The molecule has 0 aromatic carbocycles. The van der Waals surface area contributed by atoms with E-state index in [-0.39, 0.29) is 25.0 Å². The van der Waals surface area contributed by atoms with Crippen LogP contribution >= 0.6 is 0 Å². The van der Waals surface area contributed by atoms with Crippen molar-refractivity contribution >= 4 is 5.95 Å². The molecule has 0 radical (unpaired) electrons. The summed E-state index contributed by atoms with van der Waals surface area (Å²) in [5, 5.41) is 0. The van der Waals surface area contributed by atoms with Crippen LogP contribution in [0.3, 0.4) is 0 Å². The molecular formula is C11H17F3N4O2. The summed E-state index contributed by atoms with van der Waals surface area (Å²) in [6.07, 6.45) is -4.60. The van der Waals surface area contributed by atoms with Gasteiger partial charge in [0.2, 0.25) is 11.8 Å². The van der Waals surface area contributed by atoms with E-state index in [1.165, 1.54) is 0 Å². The zero-order valence-electron chi connectivity index (χ0n) is 11.2. The Morgan fingerprint density at radius 3 is 2.55 bits per heavy atom. The largest absolute Gasteiger partial charge is 0.475 e. The van der Waals surface area contributed by atoms with E-state index < -0.39 is 11.9 Å². The number of halogens is 3. The summed E-state index contributed by atoms with van der Waals surface area (Å²) in [7, 11) is 0. The van der Waals surface area contributed by atoms with Crippen molar-refractivity contribution in [3.8, 4) is 5.88 Å². The van der Waals surface area contributed by atoms with Crippen molar-refractivity contribution in [2.45, 2.75) is 20.0 Å². The Hall–Kier alpha value is -1.61. The fraction of sp³-hybridized carbons (Fsp3) is 0.636. The summed E-state index contributed by atoms with van der Waals surface area (Å²) in [6.45, 7) is 4.87. The van der Waals surface area contributed by atoms with Gasteiger partial charge in [-0.1, -0.05) is 13.8 Å². The summed E-state index contributed by atoms with van der Waals surface area (Å²) < 4.78 is 48.1. The van der Waals surface area contributed by atoms with Gasteiger partial charge in [-0.05, 0) is 5.92 Å². The number of nitrogen functional groups attached to an aromatic ring is 1. The van der Waals surface area contributed by atoms with Gasteiger partial charge >= 0.3 is 6.18 Å². The lowest BCUT2D eigenvalue weighted by Crippen LogP contribution is -2.17. The lowest BCUT2D eigenvalue weighted by molar-refractivity contribution is -0.141. The first-order valence-electron chi connectivity index (χ1n) is 5.96. The molecule has 1 rings (SSSR count). The molecule has 0 aliphatic heterocycles. The Kier molecular flexibility index (Phi) is 5.96. The van der Waals surface area contributed by atoms with Crippen molar-refractivity contribution < 1.29 is 22.6 Å². The Labute approximate surface area is 114 Å². The quantitative estimate of drug-likeness (QED) is 0.453. The Bertz CT molecular complexity index is 427. The van der Waals surface area contributed by atoms with E-state index in [1.54, 1.807) is 0 Å². The van der Waals surface area contributed by atoms with Crippen molar-refractivity contribution in [3.05, 3.63) is 11.8 Å². The number of nitrogens with zero attached hydrogens (tertiary/aromatic N) is 2. The van der Waals surface area contributed by atoms with Crippen LogP contribution in [-0.4, -0.2) is 29.8 Å². The minimum absolute atomic E-state index is 0.0883. The zero-order chi connectivity index (χ0) is 15.2. The predicted octanol–water partition coefficient (Wildman–Crippen LogP) is 1.83. The van der Waals surface area contributed by atoms with Crippen LogP contribution in [0, 0.1) is 5.92 Å². The van der Waals surface area contributed by atoms with Crippen LogP contribution in [0.1, 0.15) is 19.5 Å². The van der Waals surface area contributed by atoms with Crippen molar-refractivity contribution in [3.63, 3.8) is 0 Å². The van der Waals surface area contributed by atoms with Gasteiger partial charge in [-0.25, -0.2) is 10.8 Å². The summed E-state index contributed by atoms with van der Waals surface area (Å²) in [5.41, 5.74) is 0.837. The molecule has 9 heteroatoms. The van der Waals surface area contributed by atoms with Gasteiger partial charge in [0, 0.05) is 12.7 Å². The number of nitrogens with one attached hydrogen (secondary N) is 1. The van der Waals surface area contributed by atoms with E-state index in [0.29, 0.717) is 18.6 Å². The van der Waals surface area contributed by atoms with Gasteiger partial charge in [-0.15, -0.1) is 0 Å². The Morgan fingerprint density at radius 2 is 2.00 bits per heavy atom. The van der Waals surface area contributed by atoms with Crippen LogP contribution < -0.4 is 16.0 Å². The first-order valence-corrected chi connectivity index (χ1v) is 5.96. The molecular weight excluding hydrogens is 277 g/mol. The van der Waals surface area contributed by atoms with Gasteiger partial charge in [0.25, 0.3) is 0 Å². The molecule has 0 bridgehead atoms. The molecule has 0 unspecified atom stereocenters. The van der Waals surface area contributed by atoms with Crippen LogP contribution in [0.25, 0.3) is 0 Å². The lowest BCUT2D eigenvalue weighted by atomic mass is 10.2. The number of hydrazine groups is 1. The highest BCUT2D eigenvalue weighted by molar-refractivity contribution is 5.30. The monoisotopic (exact) mass is 294 g/mol. The van der Waals surface area contributed by atoms with Gasteiger partial charge in [0.15, 0.2) is 5.69 Å². The number of anilines is 1. The molecule has 0 saturated heterocycles. The van der Waals surface area contributed by atoms with Crippen LogP contribution in [0.4, 0.5) is 19.1 Å². The summed E-state index contributed by atoms with van der Waals surface area (Å²) in [6, 6.07) is 0.712. The topological polar surface area (TPSA) is 82.3 Å². The smallest absolute Gasteiger partial charge is 0.433 e. The fourth-order valence-electron chi connectivity index (χ4n) is 1.23. The van der Waals surface area contributed by atoms with E-state index in [1.807, 2.05) is 19.3 Å². The second kappa shape index (κ2) is 7.25. The average molecular weight is 294 g/mol. The summed E-state index contributed by atoms with van der Waals surface area (Å²) >= 11 is 0. The molecule has 1 aromatic heterocycles. The molecule has 0 aliphatic rings. The third-order valence-electron chi connectivity index (χ3n) is 2.05. The van der Waals surface area contributed by atoms with Gasteiger partial charge in [0.1, 0.15) is 6.61 Å². The molecule has 114 valence electrons. The zero-order valence-corrected chi connectivity index (χ0v) is 11.2. The second-order valence-electron chi connectivity index (χ2n) is 4.37. The molecule has 0 spiro atoms. The number of rotatable bonds is 7. The molecule has 6 nitrogen and oxygen atoms in total. The standard InChI is InChI=1S/C11H17F3N4O2/c1-7(2)6-19-3-4-20-9-5-8(11(12,13)14)16-10(17-9)18-15/h5,7H,3-4,6,15H2,1-2H3,(H,16,17,18). The van der Waals surface area contributed by atoms with Crippen LogP contribution in [0.2, 0.25) is 0 Å². The van der Waals surface area contributed by atoms with Gasteiger partial charge in [-0.3, -0.25) is 5.43 Å². The second-order valence-corrected chi connectivity index (χ2v) is 4.37. The lowest BCUT2D eigenvalue weighted by Gasteiger charge is -2.11. The average Bonchev–Trinajstić information content (AvgIpc) is 2.36. The predicted molar refractivity (Wildman–Crippen MR) is 66.0 cm³/mol. The maximum atomic E-state index is 12.6. The number of nitrogens with two attached hydrogens (primary N) is 1. The third-order valence-corrected chi connectivity index (χ3v) is 2.05. The molecule has 20 heavy (non-hydrogen) atoms. The summed E-state index contributed by atoms with van der Waals surface area (Å²) in [4.78, 5) is 6.88. The first kappa shape index (κ1) is 16.4. The highest BCUT2D eigenvalue weighted by atomic mass is 19.4. The molecule has 1 aromatic rings. The number of alkyl halides is 3. The van der Waals surface area contributed by atoms with E-state index in [2.05, 4.69) is 9.97 Å². The highest BCUT2D eigenvalue weighted by Crippen LogP contribution is 2.30. The highest BCUT2D eigenvalue weighted by Gasteiger charge is 2.34. The van der Waals surface area contributed by atoms with Gasteiger partial charge in [0.05, 0.1) is 6.61 Å². The maximum absolute atomic E-state index is 12.6. The minimum atomic E-state index is -4.60.